The van der Waals surface area contributed by atoms with Crippen LogP contribution in [-0.4, -0.2) is 42.8 Å². The van der Waals surface area contributed by atoms with Crippen molar-refractivity contribution in [2.75, 3.05) is 36.5 Å². The maximum atomic E-state index is 13.3. The van der Waals surface area contributed by atoms with Crippen molar-refractivity contribution in [3.8, 4) is 17.1 Å². The summed E-state index contributed by atoms with van der Waals surface area (Å²) in [5.41, 5.74) is 4.18. The van der Waals surface area contributed by atoms with E-state index in [1.807, 2.05) is 36.1 Å². The molecule has 0 aliphatic carbocycles. The van der Waals surface area contributed by atoms with Gasteiger partial charge in [0.25, 0.3) is 0 Å². The average molecular weight is 435 g/mol. The van der Waals surface area contributed by atoms with Crippen molar-refractivity contribution in [2.45, 2.75) is 33.6 Å². The first-order valence-electron chi connectivity index (χ1n) is 11.1. The van der Waals surface area contributed by atoms with Crippen molar-refractivity contribution in [1.29, 1.82) is 0 Å². The molecule has 7 heteroatoms. The fourth-order valence-electron chi connectivity index (χ4n) is 4.19. The third-order valence-electron chi connectivity index (χ3n) is 6.12. The van der Waals surface area contributed by atoms with Gasteiger partial charge in [0.05, 0.1) is 7.11 Å². The second kappa shape index (κ2) is 9.42. The van der Waals surface area contributed by atoms with Gasteiger partial charge in [0.1, 0.15) is 5.75 Å². The van der Waals surface area contributed by atoms with Gasteiger partial charge in [-0.15, -0.1) is 0 Å². The zero-order valence-electron chi connectivity index (χ0n) is 19.2. The molecule has 0 N–H and O–H groups in total. The van der Waals surface area contributed by atoms with Crippen LogP contribution in [0.2, 0.25) is 0 Å². The summed E-state index contributed by atoms with van der Waals surface area (Å²) in [6, 6.07) is 14.3. The van der Waals surface area contributed by atoms with E-state index < -0.39 is 0 Å². The molecule has 3 aromatic rings. The van der Waals surface area contributed by atoms with E-state index in [1.165, 1.54) is 0 Å². The number of hydrogen-bond donors (Lipinski definition) is 0. The number of benzene rings is 2. The Morgan fingerprint density at radius 3 is 2.53 bits per heavy atom. The SMILES string of the molecule is CCN(C(=O)C1CCN(c2nc(-c3ccc(OC)cc3)no2)CC1)c1cc(C)ccc1C. The lowest BCUT2D eigenvalue weighted by molar-refractivity contribution is -0.122. The van der Waals surface area contributed by atoms with E-state index in [2.05, 4.69) is 47.1 Å². The monoisotopic (exact) mass is 434 g/mol. The van der Waals surface area contributed by atoms with Crippen LogP contribution in [0.25, 0.3) is 11.4 Å². The summed E-state index contributed by atoms with van der Waals surface area (Å²) in [6.07, 6.45) is 1.53. The van der Waals surface area contributed by atoms with Gasteiger partial charge in [0.15, 0.2) is 0 Å². The Hall–Kier alpha value is -3.35. The number of carbonyl (C=O) groups excluding carboxylic acids is 1. The van der Waals surface area contributed by atoms with Gasteiger partial charge in [-0.05, 0) is 75.1 Å². The Balaban J connectivity index is 1.41. The lowest BCUT2D eigenvalue weighted by atomic mass is 9.95. The van der Waals surface area contributed by atoms with Gasteiger partial charge in [-0.2, -0.15) is 4.98 Å². The van der Waals surface area contributed by atoms with Crippen molar-refractivity contribution in [3.05, 3.63) is 53.6 Å². The summed E-state index contributed by atoms with van der Waals surface area (Å²) in [4.78, 5) is 21.9. The molecule has 0 saturated carbocycles. The lowest BCUT2D eigenvalue weighted by Crippen LogP contribution is -2.43. The number of methoxy groups -OCH3 is 1. The molecule has 1 aliphatic heterocycles. The van der Waals surface area contributed by atoms with Gasteiger partial charge in [-0.3, -0.25) is 4.79 Å². The molecule has 2 aromatic carbocycles. The van der Waals surface area contributed by atoms with Crippen LogP contribution in [0, 0.1) is 19.8 Å². The maximum absolute atomic E-state index is 13.3. The largest absolute Gasteiger partial charge is 0.497 e. The van der Waals surface area contributed by atoms with Gasteiger partial charge in [0, 0.05) is 36.8 Å². The standard InChI is InChI=1S/C25H30N4O3/c1-5-29(22-16-17(2)6-7-18(22)3)24(30)20-12-14-28(15-13-20)25-26-23(27-32-25)19-8-10-21(31-4)11-9-19/h6-11,16,20H,5,12-15H2,1-4H3. The minimum absolute atomic E-state index is 0.00454. The third-order valence-corrected chi connectivity index (χ3v) is 6.12. The molecule has 4 rings (SSSR count). The molecule has 7 nitrogen and oxygen atoms in total. The molecule has 1 aromatic heterocycles. The van der Waals surface area contributed by atoms with E-state index in [4.69, 9.17) is 9.26 Å². The first kappa shape index (κ1) is 21.9. The summed E-state index contributed by atoms with van der Waals surface area (Å²) in [5, 5.41) is 4.13. The Morgan fingerprint density at radius 2 is 1.88 bits per heavy atom. The first-order chi connectivity index (χ1) is 15.5. The van der Waals surface area contributed by atoms with Crippen LogP contribution in [0.5, 0.6) is 5.75 Å². The highest BCUT2D eigenvalue weighted by Gasteiger charge is 2.31. The summed E-state index contributed by atoms with van der Waals surface area (Å²) in [6.45, 7) is 8.25. The van der Waals surface area contributed by atoms with E-state index in [0.717, 1.165) is 41.0 Å². The summed E-state index contributed by atoms with van der Waals surface area (Å²) >= 11 is 0. The summed E-state index contributed by atoms with van der Waals surface area (Å²) in [7, 11) is 1.64. The highest BCUT2D eigenvalue weighted by atomic mass is 16.5. The van der Waals surface area contributed by atoms with Crippen molar-refractivity contribution in [3.63, 3.8) is 0 Å². The number of carbonyl (C=O) groups is 1. The molecule has 0 unspecified atom stereocenters. The highest BCUT2D eigenvalue weighted by Crippen LogP contribution is 2.29. The number of aryl methyl sites for hydroxylation is 2. The highest BCUT2D eigenvalue weighted by molar-refractivity contribution is 5.96. The summed E-state index contributed by atoms with van der Waals surface area (Å²) in [5.74, 6) is 1.53. The van der Waals surface area contributed by atoms with Gasteiger partial charge in [0.2, 0.25) is 11.7 Å². The van der Waals surface area contributed by atoms with Crippen LogP contribution < -0.4 is 14.5 Å². The van der Waals surface area contributed by atoms with Gasteiger partial charge >= 0.3 is 6.01 Å². The molecular formula is C25H30N4O3. The topological polar surface area (TPSA) is 71.7 Å². The minimum atomic E-state index is -0.00454. The Bertz CT molecular complexity index is 1070. The smallest absolute Gasteiger partial charge is 0.324 e. The number of hydrogen-bond acceptors (Lipinski definition) is 6. The lowest BCUT2D eigenvalue weighted by Gasteiger charge is -2.33. The first-order valence-corrected chi connectivity index (χ1v) is 11.1. The van der Waals surface area contributed by atoms with E-state index >= 15 is 0 Å². The second-order valence-corrected chi connectivity index (χ2v) is 8.26. The predicted molar refractivity (Wildman–Crippen MR) is 125 cm³/mol. The average Bonchev–Trinajstić information content (AvgIpc) is 3.32. The number of ether oxygens (including phenoxy) is 1. The molecule has 0 radical (unpaired) electrons. The van der Waals surface area contributed by atoms with E-state index in [1.54, 1.807) is 7.11 Å². The molecule has 32 heavy (non-hydrogen) atoms. The normalized spacial score (nSPS) is 14.4. The molecule has 1 saturated heterocycles. The second-order valence-electron chi connectivity index (χ2n) is 8.26. The van der Waals surface area contributed by atoms with E-state index in [-0.39, 0.29) is 11.8 Å². The van der Waals surface area contributed by atoms with Crippen LogP contribution in [0.3, 0.4) is 0 Å². The van der Waals surface area contributed by atoms with Crippen LogP contribution >= 0.6 is 0 Å². The molecule has 168 valence electrons. The van der Waals surface area contributed by atoms with Crippen LogP contribution in [0.4, 0.5) is 11.7 Å². The molecule has 1 fully saturated rings. The zero-order valence-corrected chi connectivity index (χ0v) is 19.2. The van der Waals surface area contributed by atoms with Gasteiger partial charge in [-0.1, -0.05) is 17.3 Å². The number of anilines is 2. The summed E-state index contributed by atoms with van der Waals surface area (Å²) < 4.78 is 10.7. The molecule has 0 atom stereocenters. The van der Waals surface area contributed by atoms with Crippen molar-refractivity contribution < 1.29 is 14.1 Å². The van der Waals surface area contributed by atoms with E-state index in [0.29, 0.717) is 31.5 Å². The molecular weight excluding hydrogens is 404 g/mol. The quantitative estimate of drug-likeness (QED) is 0.563. The zero-order chi connectivity index (χ0) is 22.7. The van der Waals surface area contributed by atoms with Crippen molar-refractivity contribution in [2.24, 2.45) is 5.92 Å². The Labute approximate surface area is 189 Å². The fraction of sp³-hybridized carbons (Fsp3) is 0.400. The van der Waals surface area contributed by atoms with Gasteiger partial charge < -0.3 is 19.1 Å². The number of amides is 1. The maximum Gasteiger partial charge on any atom is 0.324 e. The van der Waals surface area contributed by atoms with E-state index in [9.17, 15) is 4.79 Å². The molecule has 0 bridgehead atoms. The van der Waals surface area contributed by atoms with Crippen LogP contribution in [0.15, 0.2) is 47.0 Å². The predicted octanol–water partition coefficient (Wildman–Crippen LogP) is 4.63. The Kier molecular flexibility index (Phi) is 6.44. The van der Waals surface area contributed by atoms with Crippen molar-refractivity contribution >= 4 is 17.6 Å². The fourth-order valence-corrected chi connectivity index (χ4v) is 4.19. The van der Waals surface area contributed by atoms with Gasteiger partial charge in [-0.25, -0.2) is 0 Å². The molecule has 0 spiro atoms. The van der Waals surface area contributed by atoms with Crippen LogP contribution in [0.1, 0.15) is 30.9 Å². The molecule has 1 amide bonds. The number of rotatable bonds is 6. The number of nitrogens with zero attached hydrogens (tertiary/aromatic N) is 4. The number of piperidine rings is 1. The third kappa shape index (κ3) is 4.47. The minimum Gasteiger partial charge on any atom is -0.497 e. The number of aromatic nitrogens is 2. The van der Waals surface area contributed by atoms with Crippen LogP contribution in [-0.2, 0) is 4.79 Å². The Morgan fingerprint density at radius 1 is 1.16 bits per heavy atom. The molecule has 2 heterocycles. The van der Waals surface area contributed by atoms with Crippen molar-refractivity contribution in [1.82, 2.24) is 10.1 Å². The molecule has 1 aliphatic rings.